The van der Waals surface area contributed by atoms with E-state index in [2.05, 4.69) is 43.0 Å². The first kappa shape index (κ1) is 19.2. The fourth-order valence-electron chi connectivity index (χ4n) is 3.16. The number of hydrogen-bond acceptors (Lipinski definition) is 3. The van der Waals surface area contributed by atoms with E-state index in [-0.39, 0.29) is 5.91 Å². The summed E-state index contributed by atoms with van der Waals surface area (Å²) in [5, 5.41) is 7.48. The Hall–Kier alpha value is -2.14. The van der Waals surface area contributed by atoms with Gasteiger partial charge in [-0.3, -0.25) is 9.69 Å². The number of nitrogens with one attached hydrogen (secondary N) is 1. The monoisotopic (exact) mass is 342 g/mol. The minimum absolute atomic E-state index is 0.0348. The molecule has 5 heteroatoms. The van der Waals surface area contributed by atoms with E-state index in [4.69, 9.17) is 0 Å². The first-order chi connectivity index (χ1) is 11.8. The molecule has 2 rings (SSSR count). The van der Waals surface area contributed by atoms with Crippen molar-refractivity contribution < 1.29 is 4.79 Å². The van der Waals surface area contributed by atoms with Crippen molar-refractivity contribution in [1.82, 2.24) is 20.0 Å². The van der Waals surface area contributed by atoms with E-state index in [9.17, 15) is 4.79 Å². The highest BCUT2D eigenvalue weighted by Gasteiger charge is 2.13. The highest BCUT2D eigenvalue weighted by molar-refractivity contribution is 5.94. The smallest absolute Gasteiger partial charge is 0.251 e. The van der Waals surface area contributed by atoms with Crippen molar-refractivity contribution in [3.05, 3.63) is 47.3 Å². The molecule has 0 aliphatic heterocycles. The average molecular weight is 342 g/mol. The van der Waals surface area contributed by atoms with Crippen LogP contribution in [0.3, 0.4) is 0 Å². The summed E-state index contributed by atoms with van der Waals surface area (Å²) in [5.41, 5.74) is 3.70. The topological polar surface area (TPSA) is 50.2 Å². The van der Waals surface area contributed by atoms with Gasteiger partial charge in [-0.1, -0.05) is 0 Å². The second-order valence-corrected chi connectivity index (χ2v) is 7.07. The Balaban J connectivity index is 1.95. The van der Waals surface area contributed by atoms with Gasteiger partial charge in [0, 0.05) is 36.4 Å². The molecule has 0 fully saturated rings. The summed E-state index contributed by atoms with van der Waals surface area (Å²) in [7, 11) is 0. The SMILES string of the molecule is Cc1cc(C)n(-c2ccc(C(=O)NCCN(C(C)C)C(C)C)cc2)n1. The van der Waals surface area contributed by atoms with Crippen molar-refractivity contribution in [2.75, 3.05) is 13.1 Å². The molecular weight excluding hydrogens is 312 g/mol. The van der Waals surface area contributed by atoms with Gasteiger partial charge in [-0.15, -0.1) is 0 Å². The molecule has 0 saturated carbocycles. The number of benzene rings is 1. The predicted octanol–water partition coefficient (Wildman–Crippen LogP) is 3.34. The number of nitrogens with zero attached hydrogens (tertiary/aromatic N) is 3. The molecule has 0 unspecified atom stereocenters. The summed E-state index contributed by atoms with van der Waals surface area (Å²) in [6, 6.07) is 10.5. The minimum atomic E-state index is -0.0348. The van der Waals surface area contributed by atoms with Gasteiger partial charge in [-0.25, -0.2) is 4.68 Å². The molecule has 0 spiro atoms. The molecule has 1 aromatic carbocycles. The maximum absolute atomic E-state index is 12.3. The van der Waals surface area contributed by atoms with Gasteiger partial charge in [0.05, 0.1) is 11.4 Å². The van der Waals surface area contributed by atoms with Gasteiger partial charge in [0.15, 0.2) is 0 Å². The summed E-state index contributed by atoms with van der Waals surface area (Å²) in [6.07, 6.45) is 0. The molecule has 1 amide bonds. The Morgan fingerprint density at radius 3 is 2.20 bits per heavy atom. The molecular formula is C20H30N4O. The van der Waals surface area contributed by atoms with E-state index < -0.39 is 0 Å². The molecule has 25 heavy (non-hydrogen) atoms. The lowest BCUT2D eigenvalue weighted by Crippen LogP contribution is -2.42. The molecule has 0 saturated heterocycles. The van der Waals surface area contributed by atoms with E-state index in [0.29, 0.717) is 24.2 Å². The van der Waals surface area contributed by atoms with Crippen LogP contribution >= 0.6 is 0 Å². The number of rotatable bonds is 7. The second-order valence-electron chi connectivity index (χ2n) is 7.07. The maximum atomic E-state index is 12.3. The highest BCUT2D eigenvalue weighted by atomic mass is 16.1. The summed E-state index contributed by atoms with van der Waals surface area (Å²) in [5.74, 6) is -0.0348. The first-order valence-corrected chi connectivity index (χ1v) is 8.97. The molecule has 0 radical (unpaired) electrons. The fraction of sp³-hybridized carbons (Fsp3) is 0.500. The van der Waals surface area contributed by atoms with Gasteiger partial charge in [0.25, 0.3) is 5.91 Å². The van der Waals surface area contributed by atoms with Crippen molar-refractivity contribution in [3.63, 3.8) is 0 Å². The van der Waals surface area contributed by atoms with Crippen LogP contribution in [-0.4, -0.2) is 45.8 Å². The minimum Gasteiger partial charge on any atom is -0.351 e. The Labute approximate surface area is 151 Å². The molecule has 0 atom stereocenters. The maximum Gasteiger partial charge on any atom is 0.251 e. The van der Waals surface area contributed by atoms with Crippen LogP contribution in [0.2, 0.25) is 0 Å². The number of amides is 1. The van der Waals surface area contributed by atoms with Crippen LogP contribution in [-0.2, 0) is 0 Å². The van der Waals surface area contributed by atoms with E-state index in [0.717, 1.165) is 23.6 Å². The molecule has 0 bridgehead atoms. The summed E-state index contributed by atoms with van der Waals surface area (Å²) >= 11 is 0. The largest absolute Gasteiger partial charge is 0.351 e. The van der Waals surface area contributed by atoms with Gasteiger partial charge in [0.1, 0.15) is 0 Å². The number of carbonyl (C=O) groups is 1. The van der Waals surface area contributed by atoms with E-state index in [1.807, 2.05) is 48.9 Å². The second kappa shape index (κ2) is 8.30. The third kappa shape index (κ3) is 4.92. The van der Waals surface area contributed by atoms with Crippen molar-refractivity contribution >= 4 is 5.91 Å². The average Bonchev–Trinajstić information content (AvgIpc) is 2.89. The van der Waals surface area contributed by atoms with Crippen LogP contribution in [0.25, 0.3) is 5.69 Å². The Bertz CT molecular complexity index is 693. The zero-order valence-electron chi connectivity index (χ0n) is 16.2. The molecule has 1 N–H and O–H groups in total. The van der Waals surface area contributed by atoms with Crippen LogP contribution in [0, 0.1) is 13.8 Å². The van der Waals surface area contributed by atoms with E-state index >= 15 is 0 Å². The molecule has 5 nitrogen and oxygen atoms in total. The van der Waals surface area contributed by atoms with Crippen molar-refractivity contribution in [2.45, 2.75) is 53.6 Å². The van der Waals surface area contributed by atoms with Crippen molar-refractivity contribution in [3.8, 4) is 5.69 Å². The summed E-state index contributed by atoms with van der Waals surface area (Å²) < 4.78 is 1.89. The number of hydrogen-bond donors (Lipinski definition) is 1. The lowest BCUT2D eigenvalue weighted by atomic mass is 10.2. The molecule has 2 aromatic rings. The van der Waals surface area contributed by atoms with Gasteiger partial charge in [-0.05, 0) is 71.9 Å². The first-order valence-electron chi connectivity index (χ1n) is 8.97. The Morgan fingerprint density at radius 1 is 1.12 bits per heavy atom. The number of aryl methyl sites for hydroxylation is 2. The summed E-state index contributed by atoms with van der Waals surface area (Å²) in [6.45, 7) is 14.2. The third-order valence-electron chi connectivity index (χ3n) is 4.37. The fourth-order valence-corrected chi connectivity index (χ4v) is 3.16. The van der Waals surface area contributed by atoms with E-state index in [1.54, 1.807) is 0 Å². The molecule has 0 aliphatic rings. The van der Waals surface area contributed by atoms with Gasteiger partial charge in [-0.2, -0.15) is 5.10 Å². The zero-order chi connectivity index (χ0) is 18.6. The predicted molar refractivity (Wildman–Crippen MR) is 102 cm³/mol. The lowest BCUT2D eigenvalue weighted by molar-refractivity contribution is 0.0939. The van der Waals surface area contributed by atoms with Crippen LogP contribution in [0.15, 0.2) is 30.3 Å². The van der Waals surface area contributed by atoms with Crippen molar-refractivity contribution in [1.29, 1.82) is 0 Å². The standard InChI is InChI=1S/C20H30N4O/c1-14(2)23(15(3)4)12-11-21-20(25)18-7-9-19(10-8-18)24-17(6)13-16(5)22-24/h7-10,13-15H,11-12H2,1-6H3,(H,21,25). The van der Waals surface area contributed by atoms with Crippen LogP contribution in [0.1, 0.15) is 49.4 Å². The quantitative estimate of drug-likeness (QED) is 0.839. The summed E-state index contributed by atoms with van der Waals surface area (Å²) in [4.78, 5) is 14.7. The molecule has 1 heterocycles. The molecule has 0 aliphatic carbocycles. The normalized spacial score (nSPS) is 11.6. The van der Waals surface area contributed by atoms with Crippen LogP contribution in [0.4, 0.5) is 0 Å². The van der Waals surface area contributed by atoms with Gasteiger partial charge in [0.2, 0.25) is 0 Å². The Morgan fingerprint density at radius 2 is 1.72 bits per heavy atom. The molecule has 136 valence electrons. The number of carbonyl (C=O) groups excluding carboxylic acids is 1. The van der Waals surface area contributed by atoms with Crippen LogP contribution < -0.4 is 5.32 Å². The lowest BCUT2D eigenvalue weighted by Gasteiger charge is -2.30. The Kier molecular flexibility index (Phi) is 6.37. The van der Waals surface area contributed by atoms with Crippen LogP contribution in [0.5, 0.6) is 0 Å². The van der Waals surface area contributed by atoms with Gasteiger partial charge < -0.3 is 5.32 Å². The van der Waals surface area contributed by atoms with Crippen molar-refractivity contribution in [2.24, 2.45) is 0 Å². The highest BCUT2D eigenvalue weighted by Crippen LogP contribution is 2.13. The zero-order valence-corrected chi connectivity index (χ0v) is 16.2. The van der Waals surface area contributed by atoms with Gasteiger partial charge >= 0.3 is 0 Å². The number of aromatic nitrogens is 2. The third-order valence-corrected chi connectivity index (χ3v) is 4.37. The van der Waals surface area contributed by atoms with E-state index in [1.165, 1.54) is 0 Å². The molecule has 1 aromatic heterocycles.